The second-order valence-electron chi connectivity index (χ2n) is 8.46. The quantitative estimate of drug-likeness (QED) is 0.447. The molecule has 1 aliphatic heterocycles. The molecule has 0 unspecified atom stereocenters. The molecule has 2 aromatic carbocycles. The smallest absolute Gasteiger partial charge is 0.331 e. The van der Waals surface area contributed by atoms with Crippen LogP contribution in [0.4, 0.5) is 0 Å². The van der Waals surface area contributed by atoms with Gasteiger partial charge in [0.05, 0.1) is 24.9 Å². The molecule has 4 aromatic rings. The van der Waals surface area contributed by atoms with Gasteiger partial charge in [0.2, 0.25) is 0 Å². The maximum absolute atomic E-state index is 13.4. The Balaban J connectivity index is 1.38. The number of furan rings is 1. The minimum absolute atomic E-state index is 0.214. The average molecular weight is 452 g/mol. The Labute approximate surface area is 197 Å². The lowest BCUT2D eigenvalue weighted by Gasteiger charge is -2.28. The third-order valence-corrected chi connectivity index (χ3v) is 6.23. The number of aromatic nitrogens is 2. The van der Waals surface area contributed by atoms with Gasteiger partial charge in [-0.15, -0.1) is 0 Å². The molecule has 6 nitrogen and oxygen atoms in total. The molecule has 0 saturated heterocycles. The highest BCUT2D eigenvalue weighted by Crippen LogP contribution is 2.20. The van der Waals surface area contributed by atoms with Crippen LogP contribution in [0, 0.1) is 11.8 Å². The highest BCUT2D eigenvalue weighted by molar-refractivity contribution is 5.57. The molecule has 170 valence electrons. The zero-order chi connectivity index (χ0) is 23.5. The second-order valence-corrected chi connectivity index (χ2v) is 8.46. The molecule has 0 saturated carbocycles. The maximum atomic E-state index is 13.4. The molecule has 0 fully saturated rings. The standard InChI is InChI=1S/C28H25N3O3/c1-29-25-15-17-30(16-5-9-21-7-3-2-4-8-21)20-24(25)27(32)31(28(29)33)19-22-11-13-23(14-12-22)26-10-6-18-34-26/h2-4,6-8,10-14,18H,15-17,19-20H2,1H3. The monoisotopic (exact) mass is 451 g/mol. The van der Waals surface area contributed by atoms with Gasteiger partial charge in [-0.05, 0) is 29.8 Å². The molecule has 0 spiro atoms. The predicted octanol–water partition coefficient (Wildman–Crippen LogP) is 3.27. The van der Waals surface area contributed by atoms with E-state index >= 15 is 0 Å². The fraction of sp³-hybridized carbons (Fsp3) is 0.214. The highest BCUT2D eigenvalue weighted by Gasteiger charge is 2.23. The van der Waals surface area contributed by atoms with Crippen molar-refractivity contribution in [2.45, 2.75) is 19.5 Å². The molecule has 0 N–H and O–H groups in total. The lowest BCUT2D eigenvalue weighted by Crippen LogP contribution is -2.47. The summed E-state index contributed by atoms with van der Waals surface area (Å²) in [5, 5.41) is 0. The van der Waals surface area contributed by atoms with Gasteiger partial charge in [-0.1, -0.05) is 54.3 Å². The van der Waals surface area contributed by atoms with Crippen LogP contribution in [0.3, 0.4) is 0 Å². The molecule has 34 heavy (non-hydrogen) atoms. The van der Waals surface area contributed by atoms with E-state index in [1.54, 1.807) is 17.9 Å². The van der Waals surface area contributed by atoms with Gasteiger partial charge in [-0.3, -0.25) is 14.3 Å². The van der Waals surface area contributed by atoms with Crippen LogP contribution in [0.2, 0.25) is 0 Å². The van der Waals surface area contributed by atoms with Crippen molar-refractivity contribution in [1.29, 1.82) is 0 Å². The van der Waals surface area contributed by atoms with Crippen LogP contribution in [0.25, 0.3) is 11.3 Å². The molecular weight excluding hydrogens is 426 g/mol. The first kappa shape index (κ1) is 21.7. The van der Waals surface area contributed by atoms with Gasteiger partial charge in [0.25, 0.3) is 5.56 Å². The molecule has 0 aliphatic carbocycles. The van der Waals surface area contributed by atoms with Gasteiger partial charge in [0, 0.05) is 43.4 Å². The van der Waals surface area contributed by atoms with E-state index in [0.29, 0.717) is 25.1 Å². The summed E-state index contributed by atoms with van der Waals surface area (Å²) in [6.45, 7) is 2.06. The van der Waals surface area contributed by atoms with E-state index < -0.39 is 0 Å². The molecule has 6 heteroatoms. The van der Waals surface area contributed by atoms with E-state index in [4.69, 9.17) is 4.42 Å². The normalized spacial score (nSPS) is 13.2. The molecule has 1 aliphatic rings. The minimum atomic E-state index is -0.281. The van der Waals surface area contributed by atoms with Crippen LogP contribution < -0.4 is 11.2 Å². The molecule has 3 heterocycles. The molecule has 0 bridgehead atoms. The Hall–Kier alpha value is -4.08. The Morgan fingerprint density at radius 3 is 2.50 bits per heavy atom. The highest BCUT2D eigenvalue weighted by atomic mass is 16.3. The maximum Gasteiger partial charge on any atom is 0.331 e. The summed E-state index contributed by atoms with van der Waals surface area (Å²) in [7, 11) is 1.75. The lowest BCUT2D eigenvalue weighted by atomic mass is 10.1. The van der Waals surface area contributed by atoms with E-state index in [-0.39, 0.29) is 17.8 Å². The SMILES string of the molecule is Cn1c2c(c(=O)n(Cc3ccc(-c4ccco4)cc3)c1=O)CN(CC#Cc1ccccc1)CC2. The molecule has 0 amide bonds. The summed E-state index contributed by atoms with van der Waals surface area (Å²) in [4.78, 5) is 28.5. The zero-order valence-electron chi connectivity index (χ0n) is 19.0. The molecule has 5 rings (SSSR count). The topological polar surface area (TPSA) is 60.4 Å². The first-order valence-corrected chi connectivity index (χ1v) is 11.3. The van der Waals surface area contributed by atoms with Crippen LogP contribution in [0.5, 0.6) is 0 Å². The van der Waals surface area contributed by atoms with Crippen molar-refractivity contribution in [2.24, 2.45) is 7.05 Å². The third-order valence-electron chi connectivity index (χ3n) is 6.23. The second kappa shape index (κ2) is 9.42. The van der Waals surface area contributed by atoms with E-state index in [9.17, 15) is 9.59 Å². The van der Waals surface area contributed by atoms with Crippen molar-refractivity contribution < 1.29 is 4.42 Å². The van der Waals surface area contributed by atoms with Gasteiger partial charge in [-0.25, -0.2) is 4.79 Å². The van der Waals surface area contributed by atoms with Gasteiger partial charge < -0.3 is 8.98 Å². The number of benzene rings is 2. The van der Waals surface area contributed by atoms with E-state index in [0.717, 1.165) is 34.7 Å². The van der Waals surface area contributed by atoms with Crippen molar-refractivity contribution in [3.8, 4) is 23.2 Å². The first-order valence-electron chi connectivity index (χ1n) is 11.3. The van der Waals surface area contributed by atoms with Crippen LogP contribution >= 0.6 is 0 Å². The van der Waals surface area contributed by atoms with Crippen molar-refractivity contribution >= 4 is 0 Å². The summed E-state index contributed by atoms with van der Waals surface area (Å²) < 4.78 is 8.39. The number of nitrogens with zero attached hydrogens (tertiary/aromatic N) is 3. The Kier molecular flexibility index (Phi) is 6.03. The van der Waals surface area contributed by atoms with Crippen molar-refractivity contribution in [3.63, 3.8) is 0 Å². The van der Waals surface area contributed by atoms with Crippen molar-refractivity contribution in [2.75, 3.05) is 13.1 Å². The van der Waals surface area contributed by atoms with E-state index in [1.807, 2.05) is 66.7 Å². The molecule has 2 aromatic heterocycles. The molecule has 0 atom stereocenters. The minimum Gasteiger partial charge on any atom is -0.464 e. The van der Waals surface area contributed by atoms with Crippen LogP contribution in [-0.4, -0.2) is 27.1 Å². The Bertz CT molecular complexity index is 1470. The van der Waals surface area contributed by atoms with Gasteiger partial charge in [0.1, 0.15) is 5.76 Å². The largest absolute Gasteiger partial charge is 0.464 e. The van der Waals surface area contributed by atoms with E-state index in [1.165, 1.54) is 4.57 Å². The zero-order valence-corrected chi connectivity index (χ0v) is 19.0. The van der Waals surface area contributed by atoms with Crippen LogP contribution in [-0.2, 0) is 26.6 Å². The Morgan fingerprint density at radius 1 is 0.971 bits per heavy atom. The predicted molar refractivity (Wildman–Crippen MR) is 131 cm³/mol. The van der Waals surface area contributed by atoms with Gasteiger partial charge in [-0.2, -0.15) is 0 Å². The van der Waals surface area contributed by atoms with Crippen LogP contribution in [0.1, 0.15) is 22.4 Å². The third kappa shape index (κ3) is 4.39. The number of hydrogen-bond acceptors (Lipinski definition) is 4. The lowest BCUT2D eigenvalue weighted by molar-refractivity contribution is 0.275. The summed E-state index contributed by atoms with van der Waals surface area (Å²) in [6.07, 6.45) is 2.29. The fourth-order valence-electron chi connectivity index (χ4n) is 4.37. The van der Waals surface area contributed by atoms with Gasteiger partial charge in [0.15, 0.2) is 0 Å². The number of hydrogen-bond donors (Lipinski definition) is 0. The summed E-state index contributed by atoms with van der Waals surface area (Å²) >= 11 is 0. The number of rotatable bonds is 4. The average Bonchev–Trinajstić information content (AvgIpc) is 3.41. The summed E-state index contributed by atoms with van der Waals surface area (Å²) in [5.41, 5.74) is 3.82. The van der Waals surface area contributed by atoms with Crippen LogP contribution in [0.15, 0.2) is 87.0 Å². The van der Waals surface area contributed by atoms with Crippen molar-refractivity contribution in [3.05, 3.63) is 116 Å². The van der Waals surface area contributed by atoms with Crippen molar-refractivity contribution in [1.82, 2.24) is 14.0 Å². The molecular formula is C28H25N3O3. The van der Waals surface area contributed by atoms with E-state index in [2.05, 4.69) is 16.7 Å². The Morgan fingerprint density at radius 2 is 1.76 bits per heavy atom. The summed E-state index contributed by atoms with van der Waals surface area (Å²) in [6, 6.07) is 21.3. The summed E-state index contributed by atoms with van der Waals surface area (Å²) in [5.74, 6) is 7.16. The first-order chi connectivity index (χ1) is 16.6. The molecule has 0 radical (unpaired) electrons. The number of fused-ring (bicyclic) bond motifs is 1. The van der Waals surface area contributed by atoms with Gasteiger partial charge >= 0.3 is 5.69 Å². The fourth-order valence-corrected chi connectivity index (χ4v) is 4.37.